The van der Waals surface area contributed by atoms with Gasteiger partial charge in [-0.1, -0.05) is 0 Å². The zero-order valence-electron chi connectivity index (χ0n) is 14.6. The molecule has 2 saturated heterocycles. The molecule has 2 aromatic rings. The number of anilines is 1. The minimum Gasteiger partial charge on any atom is -0.341 e. The smallest absolute Gasteiger partial charge is 0.341 e. The molecule has 10 heteroatoms. The highest BCUT2D eigenvalue weighted by Gasteiger charge is 2.45. The summed E-state index contributed by atoms with van der Waals surface area (Å²) in [5, 5.41) is 3.03. The lowest BCUT2D eigenvalue weighted by Gasteiger charge is -2.38. The molecule has 1 N–H and O–H groups in total. The molecule has 140 valence electrons. The maximum absolute atomic E-state index is 12.4. The number of carbonyl (C=O) groups excluding carboxylic acids is 2. The van der Waals surface area contributed by atoms with Crippen LogP contribution in [-0.4, -0.2) is 68.1 Å². The molecule has 2 aliphatic heterocycles. The van der Waals surface area contributed by atoms with Gasteiger partial charge in [-0.05, 0) is 25.0 Å². The fourth-order valence-electron chi connectivity index (χ4n) is 3.57. The molecule has 0 bridgehead atoms. The van der Waals surface area contributed by atoms with Crippen LogP contribution < -0.4 is 15.9 Å². The Balaban J connectivity index is 1.40. The Hall–Kier alpha value is -3.30. The van der Waals surface area contributed by atoms with Crippen molar-refractivity contribution in [3.8, 4) is 0 Å². The molecular formula is C17H19N7O3. The van der Waals surface area contributed by atoms with Crippen LogP contribution in [0, 0.1) is 0 Å². The molecule has 27 heavy (non-hydrogen) atoms. The SMILES string of the molecule is O=C1NC2(CCN(c3ncccn3)CC2)CN1CC(=O)n1cccnc1=O. The number of aromatic nitrogens is 4. The summed E-state index contributed by atoms with van der Waals surface area (Å²) in [7, 11) is 0. The highest BCUT2D eigenvalue weighted by Crippen LogP contribution is 2.29. The van der Waals surface area contributed by atoms with Gasteiger partial charge in [0.2, 0.25) is 5.95 Å². The van der Waals surface area contributed by atoms with E-state index in [0.717, 1.165) is 17.4 Å². The summed E-state index contributed by atoms with van der Waals surface area (Å²) in [5.74, 6) is 0.204. The van der Waals surface area contributed by atoms with Crippen LogP contribution in [0.4, 0.5) is 10.7 Å². The van der Waals surface area contributed by atoms with E-state index in [1.807, 2.05) is 0 Å². The summed E-state index contributed by atoms with van der Waals surface area (Å²) in [6, 6.07) is 2.99. The molecule has 0 atom stereocenters. The lowest BCUT2D eigenvalue weighted by atomic mass is 9.88. The molecular weight excluding hydrogens is 350 g/mol. The van der Waals surface area contributed by atoms with Gasteiger partial charge in [0.1, 0.15) is 6.54 Å². The number of nitrogens with zero attached hydrogens (tertiary/aromatic N) is 6. The first kappa shape index (κ1) is 17.1. The number of hydrogen-bond donors (Lipinski definition) is 1. The topological polar surface area (TPSA) is 113 Å². The zero-order valence-corrected chi connectivity index (χ0v) is 14.6. The number of hydrogen-bond acceptors (Lipinski definition) is 7. The maximum atomic E-state index is 12.4. The molecule has 4 rings (SSSR count). The third-order valence-electron chi connectivity index (χ3n) is 5.02. The monoisotopic (exact) mass is 369 g/mol. The van der Waals surface area contributed by atoms with Crippen molar-refractivity contribution in [2.75, 3.05) is 31.1 Å². The van der Waals surface area contributed by atoms with E-state index in [4.69, 9.17) is 0 Å². The van der Waals surface area contributed by atoms with E-state index in [1.165, 1.54) is 23.4 Å². The van der Waals surface area contributed by atoms with Gasteiger partial charge in [0, 0.05) is 44.4 Å². The van der Waals surface area contributed by atoms with Crippen LogP contribution in [0.1, 0.15) is 17.6 Å². The Kier molecular flexibility index (Phi) is 4.30. The van der Waals surface area contributed by atoms with Crippen molar-refractivity contribution >= 4 is 17.9 Å². The van der Waals surface area contributed by atoms with Gasteiger partial charge in [0.25, 0.3) is 5.91 Å². The lowest BCUT2D eigenvalue weighted by molar-refractivity contribution is 0.0862. The molecule has 0 aliphatic carbocycles. The number of carbonyl (C=O) groups is 2. The lowest BCUT2D eigenvalue weighted by Crippen LogP contribution is -2.53. The molecule has 10 nitrogen and oxygen atoms in total. The minimum atomic E-state index is -0.645. The molecule has 0 saturated carbocycles. The Morgan fingerprint density at radius 1 is 1.07 bits per heavy atom. The molecule has 2 aromatic heterocycles. The first-order valence-electron chi connectivity index (χ1n) is 8.72. The van der Waals surface area contributed by atoms with E-state index in [0.29, 0.717) is 25.6 Å². The van der Waals surface area contributed by atoms with E-state index < -0.39 is 11.6 Å². The Morgan fingerprint density at radius 2 is 1.78 bits per heavy atom. The van der Waals surface area contributed by atoms with Gasteiger partial charge >= 0.3 is 11.7 Å². The normalized spacial score (nSPS) is 18.6. The van der Waals surface area contributed by atoms with Crippen LogP contribution in [0.2, 0.25) is 0 Å². The predicted octanol–water partition coefficient (Wildman–Crippen LogP) is -0.262. The molecule has 0 aromatic carbocycles. The van der Waals surface area contributed by atoms with E-state index in [1.54, 1.807) is 18.5 Å². The Labute approximate surface area is 154 Å². The standard InChI is InChI=1S/C17H19N7O3/c25-13(24-8-2-7-20-15(24)26)11-23-12-17(21-16(23)27)3-9-22(10-4-17)14-18-5-1-6-19-14/h1-2,5-8H,3-4,9-12H2,(H,21,27). The first-order chi connectivity index (χ1) is 13.1. The summed E-state index contributed by atoms with van der Waals surface area (Å²) < 4.78 is 0.924. The fourth-order valence-corrected chi connectivity index (χ4v) is 3.57. The van der Waals surface area contributed by atoms with Gasteiger partial charge in [0.05, 0.1) is 5.54 Å². The summed E-state index contributed by atoms with van der Waals surface area (Å²) >= 11 is 0. The van der Waals surface area contributed by atoms with E-state index in [9.17, 15) is 14.4 Å². The van der Waals surface area contributed by atoms with Gasteiger partial charge in [-0.3, -0.25) is 4.79 Å². The summed E-state index contributed by atoms with van der Waals surface area (Å²) in [6.45, 7) is 1.70. The van der Waals surface area contributed by atoms with Crippen molar-refractivity contribution in [2.45, 2.75) is 18.4 Å². The third kappa shape index (κ3) is 3.37. The van der Waals surface area contributed by atoms with Crippen LogP contribution in [0.3, 0.4) is 0 Å². The van der Waals surface area contributed by atoms with E-state index in [2.05, 4.69) is 25.2 Å². The van der Waals surface area contributed by atoms with Crippen LogP contribution in [0.15, 0.2) is 41.7 Å². The zero-order chi connectivity index (χ0) is 18.9. The largest absolute Gasteiger partial charge is 0.354 e. The van der Waals surface area contributed by atoms with Gasteiger partial charge in [-0.2, -0.15) is 0 Å². The van der Waals surface area contributed by atoms with Gasteiger partial charge < -0.3 is 15.1 Å². The second kappa shape index (κ2) is 6.78. The summed E-state index contributed by atoms with van der Waals surface area (Å²) in [5.41, 5.74) is -1.02. The molecule has 4 heterocycles. The summed E-state index contributed by atoms with van der Waals surface area (Å²) in [4.78, 5) is 52.0. The highest BCUT2D eigenvalue weighted by atomic mass is 16.2. The Morgan fingerprint density at radius 3 is 2.48 bits per heavy atom. The number of amides is 2. The first-order valence-corrected chi connectivity index (χ1v) is 8.72. The average Bonchev–Trinajstić information content (AvgIpc) is 2.98. The molecule has 1 spiro atoms. The molecule has 0 unspecified atom stereocenters. The van der Waals surface area contributed by atoms with Crippen LogP contribution in [-0.2, 0) is 0 Å². The second-order valence-corrected chi connectivity index (χ2v) is 6.77. The molecule has 2 aliphatic rings. The second-order valence-electron chi connectivity index (χ2n) is 6.77. The number of nitrogens with one attached hydrogen (secondary N) is 1. The average molecular weight is 369 g/mol. The van der Waals surface area contributed by atoms with Crippen LogP contribution >= 0.6 is 0 Å². The van der Waals surface area contributed by atoms with Crippen molar-refractivity contribution in [3.05, 3.63) is 47.4 Å². The third-order valence-corrected chi connectivity index (χ3v) is 5.02. The Bertz CT molecular complexity index is 906. The van der Waals surface area contributed by atoms with Gasteiger partial charge in [-0.15, -0.1) is 0 Å². The van der Waals surface area contributed by atoms with Crippen molar-refractivity contribution in [2.24, 2.45) is 0 Å². The quantitative estimate of drug-likeness (QED) is 0.793. The number of urea groups is 1. The van der Waals surface area contributed by atoms with Crippen molar-refractivity contribution in [1.29, 1.82) is 0 Å². The highest BCUT2D eigenvalue weighted by molar-refractivity contribution is 5.87. The van der Waals surface area contributed by atoms with Gasteiger partial charge in [0.15, 0.2) is 0 Å². The predicted molar refractivity (Wildman–Crippen MR) is 95.4 cm³/mol. The van der Waals surface area contributed by atoms with Gasteiger partial charge in [-0.25, -0.2) is 29.1 Å². The van der Waals surface area contributed by atoms with Crippen molar-refractivity contribution in [1.82, 2.24) is 29.7 Å². The fraction of sp³-hybridized carbons (Fsp3) is 0.412. The van der Waals surface area contributed by atoms with Crippen molar-refractivity contribution < 1.29 is 9.59 Å². The number of rotatable bonds is 3. The maximum Gasteiger partial charge on any atom is 0.354 e. The minimum absolute atomic E-state index is 0.162. The molecule has 0 radical (unpaired) electrons. The van der Waals surface area contributed by atoms with E-state index >= 15 is 0 Å². The van der Waals surface area contributed by atoms with Crippen LogP contribution in [0.5, 0.6) is 0 Å². The number of piperidine rings is 1. The summed E-state index contributed by atoms with van der Waals surface area (Å²) in [6.07, 6.45) is 7.56. The van der Waals surface area contributed by atoms with Crippen LogP contribution in [0.25, 0.3) is 0 Å². The molecule has 2 fully saturated rings. The molecule has 2 amide bonds. The van der Waals surface area contributed by atoms with E-state index in [-0.39, 0.29) is 18.1 Å². The van der Waals surface area contributed by atoms with Crippen molar-refractivity contribution in [3.63, 3.8) is 0 Å².